The number of pyridine rings is 1. The summed E-state index contributed by atoms with van der Waals surface area (Å²) in [6.07, 6.45) is 5.82. The van der Waals surface area contributed by atoms with E-state index in [1.165, 1.54) is 36.4 Å². The highest BCUT2D eigenvalue weighted by molar-refractivity contribution is 5.98. The van der Waals surface area contributed by atoms with Crippen LogP contribution in [-0.4, -0.2) is 29.3 Å². The van der Waals surface area contributed by atoms with Crippen molar-refractivity contribution >= 4 is 17.7 Å². The Morgan fingerprint density at radius 2 is 1.82 bits per heavy atom. The summed E-state index contributed by atoms with van der Waals surface area (Å²) in [6, 6.07) is 11.1. The first kappa shape index (κ1) is 24.0. The average Bonchev–Trinajstić information content (AvgIpc) is 2.86. The molecule has 1 fully saturated rings. The van der Waals surface area contributed by atoms with Crippen LogP contribution in [0.2, 0.25) is 0 Å². The molecule has 0 spiro atoms. The van der Waals surface area contributed by atoms with Crippen LogP contribution in [0.5, 0.6) is 0 Å². The van der Waals surface area contributed by atoms with Gasteiger partial charge in [-0.25, -0.2) is 14.7 Å². The Bertz CT molecular complexity index is 1010. The highest BCUT2D eigenvalue weighted by atomic mass is 19.3. The van der Waals surface area contributed by atoms with Crippen LogP contribution >= 0.6 is 0 Å². The molecular formula is C23H23F3N4O3. The predicted molar refractivity (Wildman–Crippen MR) is 112 cm³/mol. The number of hydrogen-bond acceptors (Lipinski definition) is 6. The van der Waals surface area contributed by atoms with Gasteiger partial charge in [-0.3, -0.25) is 4.79 Å². The van der Waals surface area contributed by atoms with Gasteiger partial charge in [-0.15, -0.1) is 0 Å². The first-order valence-electron chi connectivity index (χ1n) is 10.5. The number of nitrogens with zero attached hydrogens (tertiary/aromatic N) is 2. The Hall–Kier alpha value is -3.61. The quantitative estimate of drug-likeness (QED) is 0.617. The molecule has 0 saturated heterocycles. The van der Waals surface area contributed by atoms with Gasteiger partial charge in [0.25, 0.3) is 5.91 Å². The molecule has 1 aromatic heterocycles. The monoisotopic (exact) mass is 460 g/mol. The van der Waals surface area contributed by atoms with Crippen LogP contribution in [0.15, 0.2) is 48.7 Å². The van der Waals surface area contributed by atoms with Gasteiger partial charge in [-0.05, 0) is 36.5 Å². The molecule has 1 aliphatic carbocycles. The molecule has 1 heterocycles. The van der Waals surface area contributed by atoms with Crippen LogP contribution in [0, 0.1) is 17.2 Å². The fourth-order valence-electron chi connectivity index (χ4n) is 4.04. The molecular weight excluding hydrogens is 437 g/mol. The highest BCUT2D eigenvalue weighted by Crippen LogP contribution is 2.42. The molecule has 2 aromatic rings. The van der Waals surface area contributed by atoms with Gasteiger partial charge in [-0.1, -0.05) is 49.6 Å². The van der Waals surface area contributed by atoms with E-state index < -0.39 is 23.3 Å². The number of anilines is 1. The normalized spacial score (nSPS) is 16.2. The molecule has 1 atom stereocenters. The lowest BCUT2D eigenvalue weighted by Gasteiger charge is -2.38. The second kappa shape index (κ2) is 10.3. The zero-order valence-electron chi connectivity index (χ0n) is 17.7. The lowest BCUT2D eigenvalue weighted by atomic mass is 9.81. The van der Waals surface area contributed by atoms with Gasteiger partial charge in [0, 0.05) is 17.3 Å². The van der Waals surface area contributed by atoms with Crippen LogP contribution in [0.3, 0.4) is 0 Å². The van der Waals surface area contributed by atoms with E-state index in [2.05, 4.69) is 20.6 Å². The van der Waals surface area contributed by atoms with Crippen molar-refractivity contribution in [2.75, 3.05) is 11.9 Å². The molecule has 1 aliphatic rings. The summed E-state index contributed by atoms with van der Waals surface area (Å²) in [4.78, 5) is 32.1. The van der Waals surface area contributed by atoms with E-state index in [9.17, 15) is 14.1 Å². The topological polar surface area (TPSA) is 104 Å². The Labute approximate surface area is 188 Å². The number of aromatic nitrogens is 1. The van der Waals surface area contributed by atoms with Crippen molar-refractivity contribution < 1.29 is 27.8 Å². The number of carbonyl (C=O) groups excluding carboxylic acids is 2. The number of rotatable bonds is 8. The largest absolute Gasteiger partial charge is 0.421 e. The molecule has 1 unspecified atom stereocenters. The number of hydrogen-bond donors (Lipinski definition) is 2. The number of alkyl halides is 2. The van der Waals surface area contributed by atoms with Gasteiger partial charge in [0.05, 0.1) is 5.56 Å². The Morgan fingerprint density at radius 1 is 1.12 bits per heavy atom. The summed E-state index contributed by atoms with van der Waals surface area (Å²) in [7, 11) is 0. The second-order valence-corrected chi connectivity index (χ2v) is 7.94. The van der Waals surface area contributed by atoms with Crippen LogP contribution in [0.4, 0.5) is 19.1 Å². The van der Waals surface area contributed by atoms with Crippen molar-refractivity contribution in [3.8, 4) is 6.07 Å². The molecule has 1 aromatic carbocycles. The highest BCUT2D eigenvalue weighted by Gasteiger charge is 2.67. The Kier molecular flexibility index (Phi) is 7.53. The smallest absolute Gasteiger partial charge is 0.353 e. The molecule has 0 radical (unpaired) electrons. The van der Waals surface area contributed by atoms with Crippen LogP contribution in [0.1, 0.15) is 43.2 Å². The van der Waals surface area contributed by atoms with Gasteiger partial charge in [0.2, 0.25) is 5.54 Å². The molecule has 10 heteroatoms. The SMILES string of the molecule is N#Cc1ccc(NC(C(=O)NCC2CCCCC2)(c2ccccc2)C(F)(F)C(=O)OF)nc1. The molecule has 1 amide bonds. The number of nitriles is 1. The van der Waals surface area contributed by atoms with E-state index in [-0.39, 0.29) is 29.4 Å². The van der Waals surface area contributed by atoms with Crippen molar-refractivity contribution in [1.29, 1.82) is 5.26 Å². The Balaban J connectivity index is 2.08. The third-order valence-electron chi connectivity index (χ3n) is 5.83. The van der Waals surface area contributed by atoms with Gasteiger partial charge in [-0.2, -0.15) is 14.0 Å². The van der Waals surface area contributed by atoms with Gasteiger partial charge < -0.3 is 10.6 Å². The fourth-order valence-corrected chi connectivity index (χ4v) is 4.04. The van der Waals surface area contributed by atoms with Crippen molar-refractivity contribution in [2.24, 2.45) is 5.92 Å². The predicted octanol–water partition coefficient (Wildman–Crippen LogP) is 4.02. The van der Waals surface area contributed by atoms with E-state index in [1.807, 2.05) is 6.07 Å². The maximum atomic E-state index is 15.6. The first-order valence-corrected chi connectivity index (χ1v) is 10.5. The zero-order chi connectivity index (χ0) is 23.9. The number of carbonyl (C=O) groups is 2. The third kappa shape index (κ3) is 4.92. The minimum atomic E-state index is -4.67. The molecule has 174 valence electrons. The molecule has 33 heavy (non-hydrogen) atoms. The Morgan fingerprint density at radius 3 is 2.39 bits per heavy atom. The summed E-state index contributed by atoms with van der Waals surface area (Å²) in [6.45, 7) is 0.122. The average molecular weight is 460 g/mol. The molecule has 1 saturated carbocycles. The van der Waals surface area contributed by atoms with Crippen molar-refractivity contribution in [3.05, 3.63) is 59.8 Å². The van der Waals surface area contributed by atoms with Gasteiger partial charge in [0.15, 0.2) is 0 Å². The minimum absolute atomic E-state index is 0.103. The summed E-state index contributed by atoms with van der Waals surface area (Å²) < 4.78 is 43.9. The number of nitrogens with one attached hydrogen (secondary N) is 2. The minimum Gasteiger partial charge on any atom is -0.353 e. The molecule has 7 nitrogen and oxygen atoms in total. The molecule has 0 aliphatic heterocycles. The van der Waals surface area contributed by atoms with Gasteiger partial charge in [0.1, 0.15) is 11.9 Å². The maximum absolute atomic E-state index is 15.6. The van der Waals surface area contributed by atoms with Crippen LogP contribution in [0.25, 0.3) is 0 Å². The third-order valence-corrected chi connectivity index (χ3v) is 5.83. The molecule has 2 N–H and O–H groups in total. The summed E-state index contributed by atoms with van der Waals surface area (Å²) in [5.74, 6) is -8.56. The zero-order valence-corrected chi connectivity index (χ0v) is 17.7. The number of amides is 1. The van der Waals surface area contributed by atoms with Crippen LogP contribution in [-0.2, 0) is 20.1 Å². The fraction of sp³-hybridized carbons (Fsp3) is 0.391. The molecule has 0 bridgehead atoms. The number of benzene rings is 1. The van der Waals surface area contributed by atoms with E-state index in [4.69, 9.17) is 5.26 Å². The van der Waals surface area contributed by atoms with Crippen molar-refractivity contribution in [2.45, 2.75) is 43.6 Å². The summed E-state index contributed by atoms with van der Waals surface area (Å²) in [5.41, 5.74) is -3.22. The van der Waals surface area contributed by atoms with Crippen molar-refractivity contribution in [1.82, 2.24) is 10.3 Å². The van der Waals surface area contributed by atoms with Gasteiger partial charge >= 0.3 is 11.9 Å². The maximum Gasteiger partial charge on any atom is 0.421 e. The van der Waals surface area contributed by atoms with Crippen molar-refractivity contribution in [3.63, 3.8) is 0 Å². The lowest BCUT2D eigenvalue weighted by molar-refractivity contribution is -0.220. The van der Waals surface area contributed by atoms with E-state index in [0.29, 0.717) is 0 Å². The first-order chi connectivity index (χ1) is 15.8. The van der Waals surface area contributed by atoms with E-state index in [1.54, 1.807) is 6.07 Å². The summed E-state index contributed by atoms with van der Waals surface area (Å²) >= 11 is 0. The standard InChI is InChI=1S/C23H23F3N4O3/c24-23(25,21(32)33-26)22(18-9-5-2-6-10-18,30-19-12-11-17(13-27)15-28-19)20(31)29-14-16-7-3-1-4-8-16/h2,5-6,9-12,15-16H,1,3-4,7-8,14H2,(H,28,30)(H,29,31). The number of halogens is 3. The lowest BCUT2D eigenvalue weighted by Crippen LogP contribution is -2.64. The van der Waals surface area contributed by atoms with Crippen LogP contribution < -0.4 is 10.6 Å². The van der Waals surface area contributed by atoms with E-state index >= 15 is 8.78 Å². The van der Waals surface area contributed by atoms with E-state index in [0.717, 1.165) is 38.3 Å². The molecule has 3 rings (SSSR count). The summed E-state index contributed by atoms with van der Waals surface area (Å²) in [5, 5.41) is 13.8. The second-order valence-electron chi connectivity index (χ2n) is 7.94.